The van der Waals surface area contributed by atoms with Gasteiger partial charge >= 0.3 is 6.09 Å². The standard InChI is InChI=1S/C17H22N2O4/c1-17(2,3)23-16(21)19-11-7-10-14(19)15(20)18-22-12-13-8-5-4-6-9-13/h4-10,14H,11-12H2,1-3H3,(H,18,20). The summed E-state index contributed by atoms with van der Waals surface area (Å²) in [5, 5.41) is 0. The summed E-state index contributed by atoms with van der Waals surface area (Å²) < 4.78 is 5.30. The second kappa shape index (κ2) is 7.28. The van der Waals surface area contributed by atoms with Gasteiger partial charge in [0.05, 0.1) is 6.61 Å². The molecule has 1 heterocycles. The van der Waals surface area contributed by atoms with E-state index in [0.29, 0.717) is 6.54 Å². The van der Waals surface area contributed by atoms with Gasteiger partial charge in [0.2, 0.25) is 0 Å². The van der Waals surface area contributed by atoms with E-state index < -0.39 is 23.6 Å². The number of carbonyl (C=O) groups is 2. The van der Waals surface area contributed by atoms with E-state index in [1.54, 1.807) is 32.9 Å². The molecular weight excluding hydrogens is 296 g/mol. The molecule has 0 aliphatic carbocycles. The second-order valence-corrected chi connectivity index (χ2v) is 6.25. The minimum atomic E-state index is -0.722. The number of hydrogen-bond donors (Lipinski definition) is 1. The van der Waals surface area contributed by atoms with Crippen molar-refractivity contribution in [1.82, 2.24) is 10.4 Å². The minimum absolute atomic E-state index is 0.259. The summed E-state index contributed by atoms with van der Waals surface area (Å²) >= 11 is 0. The summed E-state index contributed by atoms with van der Waals surface area (Å²) in [5.74, 6) is -0.402. The molecule has 0 fully saturated rings. The molecule has 23 heavy (non-hydrogen) atoms. The zero-order chi connectivity index (χ0) is 16.9. The number of hydrogen-bond acceptors (Lipinski definition) is 4. The van der Waals surface area contributed by atoms with Gasteiger partial charge in [-0.15, -0.1) is 0 Å². The number of benzene rings is 1. The highest BCUT2D eigenvalue weighted by molar-refractivity contribution is 5.87. The minimum Gasteiger partial charge on any atom is -0.444 e. The lowest BCUT2D eigenvalue weighted by atomic mass is 10.2. The van der Waals surface area contributed by atoms with Gasteiger partial charge in [-0.1, -0.05) is 42.5 Å². The van der Waals surface area contributed by atoms with Crippen LogP contribution in [0.4, 0.5) is 4.79 Å². The molecule has 0 spiro atoms. The largest absolute Gasteiger partial charge is 0.444 e. The third-order valence-electron chi connectivity index (χ3n) is 3.11. The molecule has 0 aromatic heterocycles. The smallest absolute Gasteiger partial charge is 0.411 e. The Labute approximate surface area is 136 Å². The number of nitrogens with one attached hydrogen (secondary N) is 1. The fraction of sp³-hybridized carbons (Fsp3) is 0.412. The van der Waals surface area contributed by atoms with Crippen LogP contribution in [0, 0.1) is 0 Å². The lowest BCUT2D eigenvalue weighted by molar-refractivity contribution is -0.138. The molecule has 0 bridgehead atoms. The Morgan fingerprint density at radius 2 is 1.96 bits per heavy atom. The topological polar surface area (TPSA) is 67.9 Å². The van der Waals surface area contributed by atoms with Crippen LogP contribution < -0.4 is 5.48 Å². The molecule has 1 aromatic rings. The number of carbonyl (C=O) groups excluding carboxylic acids is 2. The molecule has 124 valence electrons. The number of rotatable bonds is 4. The van der Waals surface area contributed by atoms with Crippen molar-refractivity contribution in [1.29, 1.82) is 0 Å². The monoisotopic (exact) mass is 318 g/mol. The van der Waals surface area contributed by atoms with Crippen molar-refractivity contribution in [3.63, 3.8) is 0 Å². The van der Waals surface area contributed by atoms with Gasteiger partial charge in [-0.25, -0.2) is 10.3 Å². The van der Waals surface area contributed by atoms with E-state index in [9.17, 15) is 9.59 Å². The van der Waals surface area contributed by atoms with E-state index in [0.717, 1.165) is 5.56 Å². The van der Waals surface area contributed by atoms with Gasteiger partial charge in [-0.3, -0.25) is 14.5 Å². The Bertz CT molecular complexity index is 578. The van der Waals surface area contributed by atoms with Gasteiger partial charge in [0.25, 0.3) is 5.91 Å². The summed E-state index contributed by atoms with van der Waals surface area (Å²) in [4.78, 5) is 30.9. The fourth-order valence-corrected chi connectivity index (χ4v) is 2.08. The predicted molar refractivity (Wildman–Crippen MR) is 85.2 cm³/mol. The maximum atomic E-state index is 12.2. The number of nitrogens with zero attached hydrogens (tertiary/aromatic N) is 1. The van der Waals surface area contributed by atoms with E-state index in [4.69, 9.17) is 9.57 Å². The van der Waals surface area contributed by atoms with Crippen molar-refractivity contribution in [2.75, 3.05) is 6.54 Å². The van der Waals surface area contributed by atoms with Gasteiger partial charge in [0.1, 0.15) is 11.6 Å². The van der Waals surface area contributed by atoms with Crippen LogP contribution >= 0.6 is 0 Å². The Hall–Kier alpha value is -2.34. The summed E-state index contributed by atoms with van der Waals surface area (Å²) in [5.41, 5.74) is 2.72. The SMILES string of the molecule is CC(C)(C)OC(=O)N1CC=CC1C(=O)NOCc1ccccc1. The van der Waals surface area contributed by atoms with Crippen molar-refractivity contribution in [3.8, 4) is 0 Å². The van der Waals surface area contributed by atoms with E-state index in [1.165, 1.54) is 4.90 Å². The quantitative estimate of drug-likeness (QED) is 0.684. The van der Waals surface area contributed by atoms with Crippen LogP contribution in [-0.4, -0.2) is 35.1 Å². The fourth-order valence-electron chi connectivity index (χ4n) is 2.08. The number of ether oxygens (including phenoxy) is 1. The molecule has 1 aromatic carbocycles. The first-order valence-corrected chi connectivity index (χ1v) is 7.49. The Balaban J connectivity index is 1.85. The molecule has 1 atom stereocenters. The summed E-state index contributed by atoms with van der Waals surface area (Å²) in [6, 6.07) is 8.77. The lowest BCUT2D eigenvalue weighted by Crippen LogP contribution is -2.47. The molecule has 1 aliphatic heterocycles. The van der Waals surface area contributed by atoms with Crippen LogP contribution in [0.5, 0.6) is 0 Å². The highest BCUT2D eigenvalue weighted by Crippen LogP contribution is 2.16. The summed E-state index contributed by atoms with van der Waals surface area (Å²) in [7, 11) is 0. The van der Waals surface area contributed by atoms with Crippen LogP contribution in [0.2, 0.25) is 0 Å². The van der Waals surface area contributed by atoms with Gasteiger partial charge in [0, 0.05) is 6.54 Å². The van der Waals surface area contributed by atoms with Gasteiger partial charge in [0.15, 0.2) is 0 Å². The molecule has 6 heteroatoms. The van der Waals surface area contributed by atoms with E-state index >= 15 is 0 Å². The van der Waals surface area contributed by atoms with Crippen molar-refractivity contribution < 1.29 is 19.2 Å². The third-order valence-corrected chi connectivity index (χ3v) is 3.11. The van der Waals surface area contributed by atoms with E-state index in [2.05, 4.69) is 5.48 Å². The van der Waals surface area contributed by atoms with Crippen molar-refractivity contribution in [2.45, 2.75) is 39.0 Å². The molecule has 0 saturated heterocycles. The van der Waals surface area contributed by atoms with Crippen LogP contribution in [0.1, 0.15) is 26.3 Å². The van der Waals surface area contributed by atoms with Crippen molar-refractivity contribution in [3.05, 3.63) is 48.0 Å². The zero-order valence-corrected chi connectivity index (χ0v) is 13.6. The molecule has 1 aliphatic rings. The van der Waals surface area contributed by atoms with Crippen LogP contribution in [-0.2, 0) is 21.0 Å². The lowest BCUT2D eigenvalue weighted by Gasteiger charge is -2.27. The first kappa shape index (κ1) is 17.0. The van der Waals surface area contributed by atoms with E-state index in [-0.39, 0.29) is 6.61 Å². The maximum absolute atomic E-state index is 12.2. The Kier molecular flexibility index (Phi) is 5.39. The number of amides is 2. The molecule has 1 N–H and O–H groups in total. The molecule has 1 unspecified atom stereocenters. The highest BCUT2D eigenvalue weighted by atomic mass is 16.7. The van der Waals surface area contributed by atoms with Gasteiger partial charge < -0.3 is 4.74 Å². The molecule has 2 rings (SSSR count). The van der Waals surface area contributed by atoms with Crippen LogP contribution in [0.25, 0.3) is 0 Å². The van der Waals surface area contributed by atoms with Crippen LogP contribution in [0.3, 0.4) is 0 Å². The van der Waals surface area contributed by atoms with Crippen molar-refractivity contribution >= 4 is 12.0 Å². The zero-order valence-electron chi connectivity index (χ0n) is 13.6. The van der Waals surface area contributed by atoms with Crippen LogP contribution in [0.15, 0.2) is 42.5 Å². The molecule has 0 saturated carbocycles. The first-order valence-electron chi connectivity index (χ1n) is 7.49. The molecule has 0 radical (unpaired) electrons. The average Bonchev–Trinajstić information content (AvgIpc) is 2.96. The maximum Gasteiger partial charge on any atom is 0.411 e. The van der Waals surface area contributed by atoms with Gasteiger partial charge in [-0.05, 0) is 26.3 Å². The molecule has 6 nitrogen and oxygen atoms in total. The Morgan fingerprint density at radius 3 is 2.61 bits per heavy atom. The van der Waals surface area contributed by atoms with Gasteiger partial charge in [-0.2, -0.15) is 0 Å². The molecule has 2 amide bonds. The summed E-state index contributed by atoms with van der Waals surface area (Å²) in [6.45, 7) is 5.95. The normalized spacial score (nSPS) is 17.2. The first-order chi connectivity index (χ1) is 10.9. The highest BCUT2D eigenvalue weighted by Gasteiger charge is 2.33. The van der Waals surface area contributed by atoms with Crippen molar-refractivity contribution in [2.24, 2.45) is 0 Å². The summed E-state index contributed by atoms with van der Waals surface area (Å²) in [6.07, 6.45) is 2.89. The average molecular weight is 318 g/mol. The van der Waals surface area contributed by atoms with E-state index in [1.807, 2.05) is 30.3 Å². The second-order valence-electron chi connectivity index (χ2n) is 6.25. The third kappa shape index (κ3) is 5.10. The molecular formula is C17H22N2O4. The number of hydroxylamine groups is 1. The predicted octanol–water partition coefficient (Wildman–Crippen LogP) is 2.41. The Morgan fingerprint density at radius 1 is 1.26 bits per heavy atom.